The lowest BCUT2D eigenvalue weighted by atomic mass is 9.96. The van der Waals surface area contributed by atoms with Crippen molar-refractivity contribution in [2.24, 2.45) is 5.92 Å². The van der Waals surface area contributed by atoms with Crippen molar-refractivity contribution in [1.29, 1.82) is 0 Å². The first-order chi connectivity index (χ1) is 8.15. The van der Waals surface area contributed by atoms with Crippen molar-refractivity contribution < 1.29 is 5.11 Å². The molecule has 0 aromatic heterocycles. The number of hydrogen-bond acceptors (Lipinski definition) is 2. The summed E-state index contributed by atoms with van der Waals surface area (Å²) in [6.07, 6.45) is 3.74. The summed E-state index contributed by atoms with van der Waals surface area (Å²) in [4.78, 5) is 2.59. The van der Waals surface area contributed by atoms with Gasteiger partial charge in [0.25, 0.3) is 0 Å². The fourth-order valence-electron chi connectivity index (χ4n) is 2.57. The molecule has 0 radical (unpaired) electrons. The van der Waals surface area contributed by atoms with Gasteiger partial charge in [-0.1, -0.05) is 19.1 Å². The predicted molar refractivity (Wildman–Crippen MR) is 71.2 cm³/mol. The lowest BCUT2D eigenvalue weighted by Crippen LogP contribution is -2.40. The van der Waals surface area contributed by atoms with Gasteiger partial charge in [0, 0.05) is 6.04 Å². The summed E-state index contributed by atoms with van der Waals surface area (Å²) in [6, 6.07) is 8.21. The summed E-state index contributed by atoms with van der Waals surface area (Å²) in [5, 5.41) is 9.26. The maximum atomic E-state index is 9.26. The summed E-state index contributed by atoms with van der Waals surface area (Å²) in [5.74, 6) is 1.25. The summed E-state index contributed by atoms with van der Waals surface area (Å²) in [7, 11) is 0. The van der Waals surface area contributed by atoms with Gasteiger partial charge in [0.1, 0.15) is 5.75 Å². The van der Waals surface area contributed by atoms with Crippen LogP contribution in [0.25, 0.3) is 0 Å². The van der Waals surface area contributed by atoms with Crippen LogP contribution >= 0.6 is 0 Å². The van der Waals surface area contributed by atoms with E-state index >= 15 is 0 Å². The van der Waals surface area contributed by atoms with E-state index < -0.39 is 0 Å². The van der Waals surface area contributed by atoms with Crippen molar-refractivity contribution in [3.8, 4) is 5.75 Å². The molecule has 1 aromatic carbocycles. The number of piperidine rings is 1. The highest BCUT2D eigenvalue weighted by molar-refractivity contribution is 5.26. The minimum atomic E-state index is 0.355. The highest BCUT2D eigenvalue weighted by atomic mass is 16.3. The topological polar surface area (TPSA) is 23.5 Å². The zero-order valence-corrected chi connectivity index (χ0v) is 10.9. The third kappa shape index (κ3) is 3.47. The van der Waals surface area contributed by atoms with Gasteiger partial charge in [-0.3, -0.25) is 0 Å². The van der Waals surface area contributed by atoms with Crippen LogP contribution in [0, 0.1) is 5.92 Å². The summed E-state index contributed by atoms with van der Waals surface area (Å²) in [6.45, 7) is 7.13. The minimum absolute atomic E-state index is 0.355. The van der Waals surface area contributed by atoms with E-state index in [1.54, 1.807) is 12.1 Å². The number of hydrogen-bond donors (Lipinski definition) is 1. The van der Waals surface area contributed by atoms with Crippen molar-refractivity contribution in [3.63, 3.8) is 0 Å². The monoisotopic (exact) mass is 233 g/mol. The minimum Gasteiger partial charge on any atom is -0.508 e. The lowest BCUT2D eigenvalue weighted by molar-refractivity contribution is 0.146. The van der Waals surface area contributed by atoms with Crippen LogP contribution in [0.3, 0.4) is 0 Å². The maximum absolute atomic E-state index is 9.26. The second-order valence-electron chi connectivity index (χ2n) is 5.44. The Morgan fingerprint density at radius 1 is 1.24 bits per heavy atom. The Bertz CT molecular complexity index is 338. The quantitative estimate of drug-likeness (QED) is 0.867. The van der Waals surface area contributed by atoms with Crippen molar-refractivity contribution in [2.45, 2.75) is 39.2 Å². The van der Waals surface area contributed by atoms with Crippen LogP contribution in [0.2, 0.25) is 0 Å². The van der Waals surface area contributed by atoms with Crippen molar-refractivity contribution in [3.05, 3.63) is 29.8 Å². The normalized spacial score (nSPS) is 20.4. The standard InChI is InChI=1S/C15H23NO/c1-12-7-9-16(10-8-12)13(2)11-14-3-5-15(17)6-4-14/h3-6,12-13,17H,7-11H2,1-2H3. The Hall–Kier alpha value is -1.02. The Balaban J connectivity index is 1.88. The molecule has 1 aliphatic rings. The molecule has 1 unspecified atom stereocenters. The van der Waals surface area contributed by atoms with Crippen molar-refractivity contribution in [2.75, 3.05) is 13.1 Å². The van der Waals surface area contributed by atoms with Gasteiger partial charge < -0.3 is 10.0 Å². The summed E-state index contributed by atoms with van der Waals surface area (Å²) < 4.78 is 0. The highest BCUT2D eigenvalue weighted by Crippen LogP contribution is 2.20. The van der Waals surface area contributed by atoms with E-state index in [-0.39, 0.29) is 0 Å². The molecule has 1 atom stereocenters. The van der Waals surface area contributed by atoms with Crippen molar-refractivity contribution >= 4 is 0 Å². The van der Waals surface area contributed by atoms with Gasteiger partial charge in [0.05, 0.1) is 0 Å². The Labute approximate surface area is 104 Å². The largest absolute Gasteiger partial charge is 0.508 e. The van der Waals surface area contributed by atoms with E-state index in [9.17, 15) is 5.11 Å². The van der Waals surface area contributed by atoms with Gasteiger partial charge >= 0.3 is 0 Å². The van der Waals surface area contributed by atoms with Crippen LogP contribution in [0.4, 0.5) is 0 Å². The fourth-order valence-corrected chi connectivity index (χ4v) is 2.57. The molecule has 0 spiro atoms. The molecule has 94 valence electrons. The lowest BCUT2D eigenvalue weighted by Gasteiger charge is -2.35. The second kappa shape index (κ2) is 5.54. The molecule has 1 aliphatic heterocycles. The van der Waals surface area contributed by atoms with Gasteiger partial charge in [-0.15, -0.1) is 0 Å². The number of benzene rings is 1. The maximum Gasteiger partial charge on any atom is 0.115 e. The number of nitrogens with zero attached hydrogens (tertiary/aromatic N) is 1. The summed E-state index contributed by atoms with van der Waals surface area (Å²) in [5.41, 5.74) is 1.31. The molecule has 2 heteroatoms. The number of rotatable bonds is 3. The molecule has 2 nitrogen and oxygen atoms in total. The first kappa shape index (κ1) is 12.4. The number of phenols is 1. The molecule has 1 heterocycles. The van der Waals surface area contributed by atoms with Crippen LogP contribution in [0.15, 0.2) is 24.3 Å². The molecule has 1 saturated heterocycles. The van der Waals surface area contributed by atoms with E-state index in [0.29, 0.717) is 11.8 Å². The molecule has 1 fully saturated rings. The third-order valence-corrected chi connectivity index (χ3v) is 3.91. The summed E-state index contributed by atoms with van der Waals surface area (Å²) >= 11 is 0. The van der Waals surface area contributed by atoms with E-state index in [1.807, 2.05) is 12.1 Å². The van der Waals surface area contributed by atoms with Crippen LogP contribution in [0.1, 0.15) is 32.3 Å². The smallest absolute Gasteiger partial charge is 0.115 e. The molecule has 0 aliphatic carbocycles. The van der Waals surface area contributed by atoms with Gasteiger partial charge in [-0.05, 0) is 62.9 Å². The molecule has 17 heavy (non-hydrogen) atoms. The van der Waals surface area contributed by atoms with Crippen molar-refractivity contribution in [1.82, 2.24) is 4.90 Å². The van der Waals surface area contributed by atoms with E-state index in [4.69, 9.17) is 0 Å². The average Bonchev–Trinajstić information content (AvgIpc) is 2.33. The molecular formula is C15H23NO. The van der Waals surface area contributed by atoms with Gasteiger partial charge in [-0.25, -0.2) is 0 Å². The molecule has 0 saturated carbocycles. The Morgan fingerprint density at radius 2 is 1.82 bits per heavy atom. The zero-order valence-electron chi connectivity index (χ0n) is 10.9. The van der Waals surface area contributed by atoms with Crippen LogP contribution in [-0.2, 0) is 6.42 Å². The van der Waals surface area contributed by atoms with Gasteiger partial charge in [0.15, 0.2) is 0 Å². The second-order valence-corrected chi connectivity index (χ2v) is 5.44. The molecule has 1 aromatic rings. The first-order valence-electron chi connectivity index (χ1n) is 6.67. The van der Waals surface area contributed by atoms with Gasteiger partial charge in [-0.2, -0.15) is 0 Å². The van der Waals surface area contributed by atoms with Gasteiger partial charge in [0.2, 0.25) is 0 Å². The predicted octanol–water partition coefficient (Wildman–Crippen LogP) is 3.06. The number of likely N-dealkylation sites (tertiary alicyclic amines) is 1. The molecule has 0 amide bonds. The highest BCUT2D eigenvalue weighted by Gasteiger charge is 2.20. The first-order valence-corrected chi connectivity index (χ1v) is 6.67. The third-order valence-electron chi connectivity index (χ3n) is 3.91. The molecule has 1 N–H and O–H groups in total. The molecule has 2 rings (SSSR count). The van der Waals surface area contributed by atoms with Crippen LogP contribution < -0.4 is 0 Å². The molecular weight excluding hydrogens is 210 g/mol. The Morgan fingerprint density at radius 3 is 2.41 bits per heavy atom. The zero-order chi connectivity index (χ0) is 12.3. The Kier molecular flexibility index (Phi) is 4.06. The SMILES string of the molecule is CC1CCN(C(C)Cc2ccc(O)cc2)CC1. The van der Waals surface area contributed by atoms with Crippen LogP contribution in [0.5, 0.6) is 5.75 Å². The van der Waals surface area contributed by atoms with Crippen LogP contribution in [-0.4, -0.2) is 29.1 Å². The van der Waals surface area contributed by atoms with E-state index in [1.165, 1.54) is 31.5 Å². The van der Waals surface area contributed by atoms with E-state index in [0.717, 1.165) is 12.3 Å². The average molecular weight is 233 g/mol. The number of aromatic hydroxyl groups is 1. The molecule has 0 bridgehead atoms. The fraction of sp³-hybridized carbons (Fsp3) is 0.600. The number of phenolic OH excluding ortho intramolecular Hbond substituents is 1. The van der Waals surface area contributed by atoms with E-state index in [2.05, 4.69) is 18.7 Å².